The highest BCUT2D eigenvalue weighted by Crippen LogP contribution is 2.65. The summed E-state index contributed by atoms with van der Waals surface area (Å²) in [6.45, 7) is 2.50. The van der Waals surface area contributed by atoms with Gasteiger partial charge in [-0.1, -0.05) is 158 Å². The lowest BCUT2D eigenvalue weighted by atomic mass is 9.60. The van der Waals surface area contributed by atoms with Crippen LogP contribution in [0.5, 0.6) is 0 Å². The van der Waals surface area contributed by atoms with Gasteiger partial charge in [0.25, 0.3) is 0 Å². The van der Waals surface area contributed by atoms with E-state index in [0.29, 0.717) is 28.4 Å². The Labute approximate surface area is 341 Å². The molecule has 0 amide bonds. The lowest BCUT2D eigenvalue weighted by Crippen LogP contribution is -2.48. The molecule has 0 bridgehead atoms. The molecule has 2 aliphatic heterocycles. The molecule has 8 unspecified atom stereocenters. The van der Waals surface area contributed by atoms with Gasteiger partial charge in [-0.15, -0.1) is 11.8 Å². The third-order valence-electron chi connectivity index (χ3n) is 13.6. The molecular weight excluding hydrogens is 713 g/mol. The first kappa shape index (κ1) is 34.8. The van der Waals surface area contributed by atoms with E-state index in [4.69, 9.17) is 15.0 Å². The number of nitrogens with zero attached hydrogens (tertiary/aromatic N) is 4. The Hall–Kier alpha value is -5.44. The van der Waals surface area contributed by atoms with E-state index in [1.54, 1.807) is 0 Å². The molecule has 1 aromatic heterocycles. The van der Waals surface area contributed by atoms with Gasteiger partial charge in [0.1, 0.15) is 5.82 Å². The quantitative estimate of drug-likeness (QED) is 0.234. The summed E-state index contributed by atoms with van der Waals surface area (Å²) < 4.78 is 0. The van der Waals surface area contributed by atoms with Crippen LogP contribution in [-0.4, -0.2) is 42.4 Å². The fourth-order valence-corrected chi connectivity index (χ4v) is 13.0. The minimum absolute atomic E-state index is 0.0457. The minimum atomic E-state index is -0.189. The average molecular weight is 759 g/mol. The van der Waals surface area contributed by atoms with Gasteiger partial charge < -0.3 is 4.90 Å². The fraction of sp³-hybridized carbons (Fsp3) is 0.288. The second-order valence-corrected chi connectivity index (χ2v) is 18.1. The lowest BCUT2D eigenvalue weighted by Gasteiger charge is -2.43. The zero-order chi connectivity index (χ0) is 37.9. The Morgan fingerprint density at radius 3 is 2.33 bits per heavy atom. The molecule has 9 atom stereocenters. The molecule has 0 radical (unpaired) electrons. The van der Waals surface area contributed by atoms with Crippen molar-refractivity contribution in [2.75, 3.05) is 0 Å². The molecule has 2 saturated heterocycles. The number of likely N-dealkylation sites (tertiary alicyclic amines) is 1. The maximum Gasteiger partial charge on any atom is 0.163 e. The molecular formula is C52H46N4S. The molecule has 8 aliphatic rings. The van der Waals surface area contributed by atoms with Crippen LogP contribution in [0, 0.1) is 35.0 Å². The predicted octanol–water partition coefficient (Wildman–Crippen LogP) is 11.0. The Morgan fingerprint density at radius 2 is 1.53 bits per heavy atom. The summed E-state index contributed by atoms with van der Waals surface area (Å²) in [4.78, 5) is 18.6. The zero-order valence-electron chi connectivity index (χ0n) is 32.3. The molecule has 0 saturated carbocycles. The van der Waals surface area contributed by atoms with E-state index in [1.807, 2.05) is 0 Å². The molecule has 3 aromatic rings. The van der Waals surface area contributed by atoms with Crippen LogP contribution in [0.4, 0.5) is 0 Å². The van der Waals surface area contributed by atoms with Crippen molar-refractivity contribution in [2.45, 2.75) is 67.5 Å². The molecule has 11 rings (SSSR count). The molecule has 5 heteroatoms. The summed E-state index contributed by atoms with van der Waals surface area (Å²) in [5.74, 6) is 11.6. The van der Waals surface area contributed by atoms with E-state index in [2.05, 4.69) is 187 Å². The number of rotatable bonds is 6. The van der Waals surface area contributed by atoms with Gasteiger partial charge in [0.2, 0.25) is 0 Å². The van der Waals surface area contributed by atoms with Crippen molar-refractivity contribution < 1.29 is 0 Å². The third kappa shape index (κ3) is 5.87. The second-order valence-electron chi connectivity index (χ2n) is 16.8. The van der Waals surface area contributed by atoms with Crippen LogP contribution in [0.1, 0.15) is 62.2 Å². The van der Waals surface area contributed by atoms with Crippen molar-refractivity contribution in [1.82, 2.24) is 19.9 Å². The predicted molar refractivity (Wildman–Crippen MR) is 234 cm³/mol. The summed E-state index contributed by atoms with van der Waals surface area (Å²) in [6.07, 6.45) is 39.6. The molecule has 0 spiro atoms. The Morgan fingerprint density at radius 1 is 0.719 bits per heavy atom. The molecule has 280 valence electrons. The number of aromatic nitrogens is 3. The van der Waals surface area contributed by atoms with Gasteiger partial charge in [0.05, 0.1) is 12.1 Å². The monoisotopic (exact) mass is 758 g/mol. The first-order valence-electron chi connectivity index (χ1n) is 20.8. The van der Waals surface area contributed by atoms with Crippen LogP contribution in [0.2, 0.25) is 0 Å². The smallest absolute Gasteiger partial charge is 0.163 e. The topological polar surface area (TPSA) is 41.9 Å². The second kappa shape index (κ2) is 14.2. The molecule has 2 fully saturated rings. The van der Waals surface area contributed by atoms with Crippen molar-refractivity contribution in [1.29, 1.82) is 0 Å². The van der Waals surface area contributed by atoms with Crippen molar-refractivity contribution in [3.8, 4) is 23.2 Å². The summed E-state index contributed by atoms with van der Waals surface area (Å²) >= 11 is 2.20. The largest absolute Gasteiger partial charge is 0.354 e. The molecule has 57 heavy (non-hydrogen) atoms. The van der Waals surface area contributed by atoms with Crippen LogP contribution in [0.25, 0.3) is 22.5 Å². The average Bonchev–Trinajstić information content (AvgIpc) is 3.79. The first-order valence-corrected chi connectivity index (χ1v) is 21.8. The van der Waals surface area contributed by atoms with Crippen molar-refractivity contribution in [3.63, 3.8) is 0 Å². The van der Waals surface area contributed by atoms with E-state index in [9.17, 15) is 0 Å². The fourth-order valence-electron chi connectivity index (χ4n) is 10.9. The lowest BCUT2D eigenvalue weighted by molar-refractivity contribution is 0.198. The Balaban J connectivity index is 1.03. The SMILES string of the molecule is CC12C#CC3C(C4CC=CC=C4N3C3C=CC=CC3)C1S[C@@H]1C=CC=C(C3=CC=C(c4ccccc4)CC3c3nc(C4=CC=CCC4)nc(-c4ccccc4)n3)C12. The van der Waals surface area contributed by atoms with E-state index < -0.39 is 0 Å². The molecule has 6 aliphatic carbocycles. The molecule has 4 nitrogen and oxygen atoms in total. The van der Waals surface area contributed by atoms with E-state index in [1.165, 1.54) is 33.6 Å². The van der Waals surface area contributed by atoms with Crippen molar-refractivity contribution in [3.05, 3.63) is 186 Å². The molecule has 3 heterocycles. The first-order chi connectivity index (χ1) is 28.1. The Kier molecular flexibility index (Phi) is 8.66. The van der Waals surface area contributed by atoms with Gasteiger partial charge in [-0.05, 0) is 73.0 Å². The van der Waals surface area contributed by atoms with Crippen molar-refractivity contribution >= 4 is 22.9 Å². The highest BCUT2D eigenvalue weighted by Gasteiger charge is 2.63. The van der Waals surface area contributed by atoms with Crippen LogP contribution in [0.3, 0.4) is 0 Å². The van der Waals surface area contributed by atoms with Crippen LogP contribution in [0.15, 0.2) is 169 Å². The molecule has 0 N–H and O–H groups in total. The summed E-state index contributed by atoms with van der Waals surface area (Å²) in [5.41, 5.74) is 8.77. The molecule has 2 aromatic carbocycles. The number of hydrogen-bond donors (Lipinski definition) is 0. The van der Waals surface area contributed by atoms with Gasteiger partial charge in [-0.2, -0.15) is 0 Å². The summed E-state index contributed by atoms with van der Waals surface area (Å²) in [7, 11) is 0. The van der Waals surface area contributed by atoms with Gasteiger partial charge in [-0.3, -0.25) is 0 Å². The maximum atomic E-state index is 5.41. The van der Waals surface area contributed by atoms with Crippen molar-refractivity contribution in [2.24, 2.45) is 23.2 Å². The highest BCUT2D eigenvalue weighted by molar-refractivity contribution is 8.01. The van der Waals surface area contributed by atoms with Gasteiger partial charge in [-0.25, -0.2) is 15.0 Å². The summed E-state index contributed by atoms with van der Waals surface area (Å²) in [5, 5.41) is 0.760. The van der Waals surface area contributed by atoms with E-state index >= 15 is 0 Å². The Bertz CT molecular complexity index is 2500. The van der Waals surface area contributed by atoms with E-state index in [0.717, 1.165) is 55.1 Å². The number of fused-ring (bicyclic) bond motifs is 7. The van der Waals surface area contributed by atoms with Crippen LogP contribution < -0.4 is 0 Å². The zero-order valence-corrected chi connectivity index (χ0v) is 33.1. The number of benzene rings is 2. The van der Waals surface area contributed by atoms with E-state index in [-0.39, 0.29) is 23.3 Å². The number of allylic oxidation sites excluding steroid dienone is 17. The maximum absolute atomic E-state index is 5.41. The normalized spacial score (nSPS) is 32.8. The van der Waals surface area contributed by atoms with Crippen LogP contribution in [-0.2, 0) is 0 Å². The number of hydrogen-bond acceptors (Lipinski definition) is 5. The number of thioether (sulfide) groups is 1. The standard InChI is InChI=1S/C52H46N4S/c1-52-32-31-44-46(41-25-14-15-27-43(41)56(44)38-23-12-5-13-24-38)48(52)57-45-28-16-26-40(47(45)52)39-30-29-37(34-17-6-2-7-18-34)33-42(39)51-54-49(35-19-8-3-9-20-35)53-50(55-51)36-21-10-4-11-22-36/h2-10,12-21,23,26-30,38,41-42,44-48H,11,22,24-25,33H2,1H3/t38?,41?,42?,44?,45-,46?,47?,48?,52?/m1/s1. The van der Waals surface area contributed by atoms with Gasteiger partial charge in [0, 0.05) is 50.8 Å². The van der Waals surface area contributed by atoms with Crippen LogP contribution >= 0.6 is 11.8 Å². The summed E-state index contributed by atoms with van der Waals surface area (Å²) in [6, 6.07) is 21.9. The van der Waals surface area contributed by atoms with Gasteiger partial charge in [0.15, 0.2) is 11.6 Å². The highest BCUT2D eigenvalue weighted by atomic mass is 32.2. The third-order valence-corrected chi connectivity index (χ3v) is 15.4. The van der Waals surface area contributed by atoms with Gasteiger partial charge >= 0.3 is 0 Å². The minimum Gasteiger partial charge on any atom is -0.354 e.